The fourth-order valence-electron chi connectivity index (χ4n) is 3.14. The van der Waals surface area contributed by atoms with Crippen molar-refractivity contribution >= 4 is 17.5 Å². The molecular formula is C20H26N4O3. The van der Waals surface area contributed by atoms with E-state index in [-0.39, 0.29) is 17.6 Å². The third kappa shape index (κ3) is 4.30. The van der Waals surface area contributed by atoms with Crippen LogP contribution in [0.4, 0.5) is 5.69 Å². The summed E-state index contributed by atoms with van der Waals surface area (Å²) in [6.07, 6.45) is 2.72. The molecule has 2 N–H and O–H groups in total. The molecule has 1 aromatic carbocycles. The Balaban J connectivity index is 1.83. The molecular weight excluding hydrogens is 344 g/mol. The zero-order valence-electron chi connectivity index (χ0n) is 16.0. The summed E-state index contributed by atoms with van der Waals surface area (Å²) in [5, 5.41) is 5.76. The Morgan fingerprint density at radius 2 is 1.93 bits per heavy atom. The van der Waals surface area contributed by atoms with E-state index in [1.807, 2.05) is 18.4 Å². The maximum atomic E-state index is 12.8. The Morgan fingerprint density at radius 1 is 1.19 bits per heavy atom. The van der Waals surface area contributed by atoms with Gasteiger partial charge in [-0.3, -0.25) is 9.59 Å². The number of nitrogens with zero attached hydrogens (tertiary/aromatic N) is 2. The molecule has 0 unspecified atom stereocenters. The van der Waals surface area contributed by atoms with Crippen LogP contribution in [-0.2, 0) is 13.0 Å². The number of ether oxygens (including phenoxy) is 1. The first-order valence-electron chi connectivity index (χ1n) is 9.32. The quantitative estimate of drug-likeness (QED) is 0.819. The monoisotopic (exact) mass is 370 g/mol. The molecule has 3 rings (SSSR count). The predicted molar refractivity (Wildman–Crippen MR) is 103 cm³/mol. The summed E-state index contributed by atoms with van der Waals surface area (Å²) < 4.78 is 7.01. The van der Waals surface area contributed by atoms with Crippen LogP contribution in [0.5, 0.6) is 5.75 Å². The number of imidazole rings is 1. The van der Waals surface area contributed by atoms with E-state index in [9.17, 15) is 9.59 Å². The Kier molecular flexibility index (Phi) is 5.78. The molecule has 27 heavy (non-hydrogen) atoms. The average Bonchev–Trinajstić information content (AvgIpc) is 3.06. The highest BCUT2D eigenvalue weighted by Gasteiger charge is 2.27. The van der Waals surface area contributed by atoms with Crippen LogP contribution in [0.15, 0.2) is 24.3 Å². The Labute approximate surface area is 159 Å². The lowest BCUT2D eigenvalue weighted by Crippen LogP contribution is -2.29. The van der Waals surface area contributed by atoms with E-state index in [0.29, 0.717) is 30.4 Å². The van der Waals surface area contributed by atoms with Gasteiger partial charge >= 0.3 is 0 Å². The molecule has 1 aliphatic heterocycles. The Hall–Kier alpha value is -2.83. The van der Waals surface area contributed by atoms with Crippen molar-refractivity contribution in [2.75, 3.05) is 19.0 Å². The molecule has 1 aromatic heterocycles. The molecule has 2 amide bonds. The summed E-state index contributed by atoms with van der Waals surface area (Å²) in [7, 11) is 1.59. The highest BCUT2D eigenvalue weighted by molar-refractivity contribution is 6.03. The van der Waals surface area contributed by atoms with Crippen molar-refractivity contribution in [3.63, 3.8) is 0 Å². The first kappa shape index (κ1) is 18.9. The summed E-state index contributed by atoms with van der Waals surface area (Å²) in [4.78, 5) is 29.8. The van der Waals surface area contributed by atoms with Gasteiger partial charge in [-0.05, 0) is 49.4 Å². The lowest BCUT2D eigenvalue weighted by molar-refractivity contribution is 0.0943. The average molecular weight is 370 g/mol. The Morgan fingerprint density at radius 3 is 2.59 bits per heavy atom. The molecule has 0 atom stereocenters. The molecule has 0 saturated carbocycles. The normalized spacial score (nSPS) is 13.2. The zero-order chi connectivity index (χ0) is 19.4. The summed E-state index contributed by atoms with van der Waals surface area (Å²) in [6, 6.07) is 7.10. The molecule has 0 bridgehead atoms. The maximum Gasteiger partial charge on any atom is 0.291 e. The summed E-state index contributed by atoms with van der Waals surface area (Å²) >= 11 is 0. The van der Waals surface area contributed by atoms with Gasteiger partial charge in [0.2, 0.25) is 0 Å². The largest absolute Gasteiger partial charge is 0.497 e. The van der Waals surface area contributed by atoms with E-state index < -0.39 is 0 Å². The molecule has 0 radical (unpaired) electrons. The van der Waals surface area contributed by atoms with Crippen LogP contribution in [0.25, 0.3) is 0 Å². The van der Waals surface area contributed by atoms with Crippen LogP contribution in [0.3, 0.4) is 0 Å². The molecule has 7 heteroatoms. The second kappa shape index (κ2) is 8.24. The van der Waals surface area contributed by atoms with E-state index in [4.69, 9.17) is 4.74 Å². The van der Waals surface area contributed by atoms with Gasteiger partial charge in [-0.15, -0.1) is 0 Å². The van der Waals surface area contributed by atoms with Gasteiger partial charge in [0.25, 0.3) is 11.8 Å². The number of benzene rings is 1. The van der Waals surface area contributed by atoms with Gasteiger partial charge in [0.1, 0.15) is 11.4 Å². The summed E-state index contributed by atoms with van der Waals surface area (Å²) in [6.45, 7) is 5.36. The van der Waals surface area contributed by atoms with Crippen LogP contribution in [0.2, 0.25) is 0 Å². The van der Waals surface area contributed by atoms with E-state index in [1.165, 1.54) is 0 Å². The molecule has 0 spiro atoms. The fourth-order valence-corrected chi connectivity index (χ4v) is 3.14. The number of hydrogen-bond donors (Lipinski definition) is 2. The Bertz CT molecular complexity index is 824. The standard InChI is InChI=1S/C20H26N4O3/c1-13(2)12-21-19(25)17-16-6-4-5-11-24(16)18(23-17)20(26)22-14-7-9-15(27-3)10-8-14/h7-10,13H,4-6,11-12H2,1-3H3,(H,21,25)(H,22,26). The van der Waals surface area contributed by atoms with E-state index >= 15 is 0 Å². The first-order chi connectivity index (χ1) is 13.0. The number of carbonyl (C=O) groups excluding carboxylic acids is 2. The van der Waals surface area contributed by atoms with Gasteiger partial charge in [0.05, 0.1) is 12.8 Å². The van der Waals surface area contributed by atoms with Crippen molar-refractivity contribution in [2.45, 2.75) is 39.7 Å². The summed E-state index contributed by atoms with van der Waals surface area (Å²) in [5.41, 5.74) is 1.87. The van der Waals surface area contributed by atoms with Crippen molar-refractivity contribution in [2.24, 2.45) is 5.92 Å². The molecule has 144 valence electrons. The van der Waals surface area contributed by atoms with E-state index in [0.717, 1.165) is 30.7 Å². The number of rotatable bonds is 6. The van der Waals surface area contributed by atoms with Gasteiger partial charge in [-0.2, -0.15) is 0 Å². The van der Waals surface area contributed by atoms with Crippen LogP contribution in [0, 0.1) is 5.92 Å². The van der Waals surface area contributed by atoms with Gasteiger partial charge in [-0.1, -0.05) is 13.8 Å². The summed E-state index contributed by atoms with van der Waals surface area (Å²) in [5.74, 6) is 0.833. The molecule has 0 aliphatic carbocycles. The van der Waals surface area contributed by atoms with Crippen molar-refractivity contribution in [3.8, 4) is 5.75 Å². The van der Waals surface area contributed by atoms with Crippen molar-refractivity contribution in [3.05, 3.63) is 41.5 Å². The number of anilines is 1. The fraction of sp³-hybridized carbons (Fsp3) is 0.450. The number of methoxy groups -OCH3 is 1. The topological polar surface area (TPSA) is 85.2 Å². The van der Waals surface area contributed by atoms with Crippen molar-refractivity contribution in [1.82, 2.24) is 14.9 Å². The van der Waals surface area contributed by atoms with E-state index in [1.54, 1.807) is 31.4 Å². The molecule has 0 fully saturated rings. The van der Waals surface area contributed by atoms with Crippen LogP contribution < -0.4 is 15.4 Å². The molecule has 2 heterocycles. The minimum atomic E-state index is -0.314. The number of aromatic nitrogens is 2. The minimum absolute atomic E-state index is 0.210. The van der Waals surface area contributed by atoms with Gasteiger partial charge in [0, 0.05) is 18.8 Å². The number of carbonyl (C=O) groups is 2. The number of amides is 2. The molecule has 0 saturated heterocycles. The molecule has 1 aliphatic rings. The van der Waals surface area contributed by atoms with Gasteiger partial charge in [0.15, 0.2) is 5.82 Å². The molecule has 2 aromatic rings. The zero-order valence-corrected chi connectivity index (χ0v) is 16.0. The minimum Gasteiger partial charge on any atom is -0.497 e. The highest BCUT2D eigenvalue weighted by atomic mass is 16.5. The SMILES string of the molecule is COc1ccc(NC(=O)c2nc(C(=O)NCC(C)C)c3n2CCCC3)cc1. The van der Waals surface area contributed by atoms with Crippen molar-refractivity contribution < 1.29 is 14.3 Å². The number of fused-ring (bicyclic) bond motifs is 1. The van der Waals surface area contributed by atoms with Gasteiger partial charge in [-0.25, -0.2) is 4.98 Å². The van der Waals surface area contributed by atoms with Crippen LogP contribution >= 0.6 is 0 Å². The van der Waals surface area contributed by atoms with Crippen LogP contribution in [-0.4, -0.2) is 35.0 Å². The second-order valence-corrected chi connectivity index (χ2v) is 7.13. The lowest BCUT2D eigenvalue weighted by atomic mass is 10.1. The van der Waals surface area contributed by atoms with Gasteiger partial charge < -0.3 is 19.9 Å². The predicted octanol–water partition coefficient (Wildman–Crippen LogP) is 2.87. The third-order valence-electron chi connectivity index (χ3n) is 4.55. The number of hydrogen-bond acceptors (Lipinski definition) is 4. The lowest BCUT2D eigenvalue weighted by Gasteiger charge is -2.17. The van der Waals surface area contributed by atoms with E-state index in [2.05, 4.69) is 15.6 Å². The van der Waals surface area contributed by atoms with Crippen molar-refractivity contribution in [1.29, 1.82) is 0 Å². The third-order valence-corrected chi connectivity index (χ3v) is 4.55. The smallest absolute Gasteiger partial charge is 0.291 e. The highest BCUT2D eigenvalue weighted by Crippen LogP contribution is 2.22. The second-order valence-electron chi connectivity index (χ2n) is 7.13. The maximum absolute atomic E-state index is 12.8. The first-order valence-corrected chi connectivity index (χ1v) is 9.32. The molecule has 7 nitrogen and oxygen atoms in total. The number of nitrogens with one attached hydrogen (secondary N) is 2. The van der Waals surface area contributed by atoms with Crippen LogP contribution in [0.1, 0.15) is 53.5 Å².